The number of ether oxygens (including phenoxy) is 2. The monoisotopic (exact) mass is 507 g/mol. The number of alkyl halides is 3. The van der Waals surface area contributed by atoms with Crippen molar-refractivity contribution in [3.63, 3.8) is 0 Å². The van der Waals surface area contributed by atoms with Crippen molar-refractivity contribution < 1.29 is 32.2 Å². The highest BCUT2D eigenvalue weighted by Gasteiger charge is 2.34. The number of cyclic esters (lactones) is 1. The second-order valence-corrected chi connectivity index (χ2v) is 9.05. The van der Waals surface area contributed by atoms with Gasteiger partial charge in [-0.25, -0.2) is 19.7 Å². The van der Waals surface area contributed by atoms with Gasteiger partial charge in [0.05, 0.1) is 6.54 Å². The molecule has 1 N–H and O–H groups in total. The zero-order valence-corrected chi connectivity index (χ0v) is 19.4. The molecule has 1 fully saturated rings. The molecule has 2 amide bonds. The van der Waals surface area contributed by atoms with Gasteiger partial charge in [0.25, 0.3) is 5.91 Å². The Hall–Kier alpha value is -3.74. The zero-order chi connectivity index (χ0) is 25.2. The summed E-state index contributed by atoms with van der Waals surface area (Å²) < 4.78 is 48.9. The second-order valence-electron chi connectivity index (χ2n) is 7.81. The number of aryl methyl sites for hydroxylation is 1. The van der Waals surface area contributed by atoms with Crippen LogP contribution in [0.2, 0.25) is 0 Å². The Labute approximate surface area is 201 Å². The normalized spacial score (nSPS) is 15.7. The van der Waals surface area contributed by atoms with Crippen LogP contribution in [0.4, 0.5) is 18.0 Å². The Balaban J connectivity index is 1.49. The number of nitrogens with zero attached hydrogens (tertiary/aromatic N) is 4. The second kappa shape index (κ2) is 9.86. The third-order valence-corrected chi connectivity index (χ3v) is 5.90. The molecule has 0 aliphatic carbocycles. The predicted molar refractivity (Wildman–Crippen MR) is 119 cm³/mol. The molecule has 3 heterocycles. The van der Waals surface area contributed by atoms with E-state index in [1.165, 1.54) is 22.3 Å². The summed E-state index contributed by atoms with van der Waals surface area (Å²) in [5, 5.41) is 3.33. The average molecular weight is 507 g/mol. The fraction of sp³-hybridized carbons (Fsp3) is 0.318. The van der Waals surface area contributed by atoms with E-state index in [0.29, 0.717) is 28.4 Å². The SMILES string of the molecule is Cc1cnc(-c2cc(OC[C@H]3CN(C)C(=O)O3)cc(C(=O)NCc3cnc(C(F)(F)F)nc3)c2)s1. The molecule has 1 saturated heterocycles. The third-order valence-electron chi connectivity index (χ3n) is 4.94. The van der Waals surface area contributed by atoms with Crippen molar-refractivity contribution in [2.24, 2.45) is 0 Å². The van der Waals surface area contributed by atoms with Gasteiger partial charge in [0.2, 0.25) is 5.82 Å². The van der Waals surface area contributed by atoms with Gasteiger partial charge in [0, 0.05) is 53.8 Å². The molecule has 184 valence electrons. The van der Waals surface area contributed by atoms with E-state index in [9.17, 15) is 22.8 Å². The molecule has 2 aromatic heterocycles. The molecule has 0 radical (unpaired) electrons. The van der Waals surface area contributed by atoms with Gasteiger partial charge in [-0.3, -0.25) is 4.79 Å². The maximum atomic E-state index is 12.9. The predicted octanol–water partition coefficient (Wildman–Crippen LogP) is 3.69. The van der Waals surface area contributed by atoms with Crippen LogP contribution in [0.25, 0.3) is 10.6 Å². The molecule has 0 bridgehead atoms. The molecule has 4 rings (SSSR count). The van der Waals surface area contributed by atoms with Gasteiger partial charge in [0.1, 0.15) is 17.4 Å². The van der Waals surface area contributed by atoms with Gasteiger partial charge < -0.3 is 19.7 Å². The van der Waals surface area contributed by atoms with Crippen molar-refractivity contribution in [3.8, 4) is 16.3 Å². The molecule has 0 saturated carbocycles. The van der Waals surface area contributed by atoms with E-state index in [1.54, 1.807) is 25.4 Å². The molecule has 3 aromatic rings. The first-order valence-electron chi connectivity index (χ1n) is 10.4. The number of amides is 2. The maximum Gasteiger partial charge on any atom is 0.451 e. The first-order chi connectivity index (χ1) is 16.6. The Morgan fingerprint density at radius 2 is 1.97 bits per heavy atom. The lowest BCUT2D eigenvalue weighted by Gasteiger charge is -2.13. The number of likely N-dealkylation sites (N-methyl/N-ethyl adjacent to an activating group) is 1. The summed E-state index contributed by atoms with van der Waals surface area (Å²) in [4.78, 5) is 37.8. The minimum absolute atomic E-state index is 0.0713. The van der Waals surface area contributed by atoms with Gasteiger partial charge in [-0.2, -0.15) is 13.2 Å². The zero-order valence-electron chi connectivity index (χ0n) is 18.6. The molecule has 1 aliphatic rings. The molecule has 0 spiro atoms. The van der Waals surface area contributed by atoms with Crippen molar-refractivity contribution in [2.75, 3.05) is 20.2 Å². The van der Waals surface area contributed by atoms with Gasteiger partial charge in [0.15, 0.2) is 6.10 Å². The van der Waals surface area contributed by atoms with Gasteiger partial charge in [-0.15, -0.1) is 11.3 Å². The number of carbonyl (C=O) groups is 2. The molecule has 35 heavy (non-hydrogen) atoms. The number of rotatable bonds is 7. The molecule has 1 aromatic carbocycles. The van der Waals surface area contributed by atoms with Gasteiger partial charge >= 0.3 is 12.3 Å². The first kappa shape index (κ1) is 24.4. The Bertz CT molecular complexity index is 1230. The van der Waals surface area contributed by atoms with E-state index in [2.05, 4.69) is 20.3 Å². The summed E-state index contributed by atoms with van der Waals surface area (Å²) in [5.74, 6) is -1.35. The van der Waals surface area contributed by atoms with Crippen LogP contribution in [-0.4, -0.2) is 58.2 Å². The van der Waals surface area contributed by atoms with Crippen LogP contribution in [0, 0.1) is 6.92 Å². The number of thiazole rings is 1. The average Bonchev–Trinajstić information content (AvgIpc) is 3.40. The topological polar surface area (TPSA) is 107 Å². The van der Waals surface area contributed by atoms with Crippen LogP contribution in [0.15, 0.2) is 36.8 Å². The Kier molecular flexibility index (Phi) is 6.87. The number of nitrogens with one attached hydrogen (secondary N) is 1. The fourth-order valence-corrected chi connectivity index (χ4v) is 3.98. The lowest BCUT2D eigenvalue weighted by molar-refractivity contribution is -0.145. The van der Waals surface area contributed by atoms with Crippen molar-refractivity contribution in [1.82, 2.24) is 25.2 Å². The van der Waals surface area contributed by atoms with Crippen molar-refractivity contribution in [2.45, 2.75) is 25.7 Å². The third kappa shape index (κ3) is 6.04. The minimum atomic E-state index is -4.64. The summed E-state index contributed by atoms with van der Waals surface area (Å²) in [6, 6.07) is 4.91. The van der Waals surface area contributed by atoms with E-state index in [1.807, 2.05) is 6.92 Å². The van der Waals surface area contributed by atoms with E-state index in [0.717, 1.165) is 17.3 Å². The number of hydrogen-bond donors (Lipinski definition) is 1. The van der Waals surface area contributed by atoms with E-state index in [-0.39, 0.29) is 18.7 Å². The van der Waals surface area contributed by atoms with E-state index in [4.69, 9.17) is 9.47 Å². The molecule has 13 heteroatoms. The number of hydrogen-bond acceptors (Lipinski definition) is 8. The highest BCUT2D eigenvalue weighted by molar-refractivity contribution is 7.14. The van der Waals surface area contributed by atoms with Crippen molar-refractivity contribution in [1.29, 1.82) is 0 Å². The number of aromatic nitrogens is 3. The summed E-state index contributed by atoms with van der Waals surface area (Å²) in [5.41, 5.74) is 1.23. The van der Waals surface area contributed by atoms with Crippen molar-refractivity contribution >= 4 is 23.3 Å². The lowest BCUT2D eigenvalue weighted by atomic mass is 10.1. The molecular weight excluding hydrogens is 487 g/mol. The Morgan fingerprint density at radius 3 is 2.57 bits per heavy atom. The van der Waals surface area contributed by atoms with E-state index >= 15 is 0 Å². The number of benzene rings is 1. The van der Waals surface area contributed by atoms with Crippen LogP contribution in [-0.2, 0) is 17.5 Å². The summed E-state index contributed by atoms with van der Waals surface area (Å²) in [6.45, 7) is 2.32. The largest absolute Gasteiger partial charge is 0.490 e. The summed E-state index contributed by atoms with van der Waals surface area (Å²) >= 11 is 1.44. The lowest BCUT2D eigenvalue weighted by Crippen LogP contribution is -2.24. The van der Waals surface area contributed by atoms with Gasteiger partial charge in [-0.1, -0.05) is 0 Å². The first-order valence-corrected chi connectivity index (χ1v) is 11.2. The summed E-state index contributed by atoms with van der Waals surface area (Å²) in [7, 11) is 1.62. The molecule has 0 unspecified atom stereocenters. The highest BCUT2D eigenvalue weighted by Crippen LogP contribution is 2.30. The quantitative estimate of drug-likeness (QED) is 0.520. The van der Waals surface area contributed by atoms with Crippen LogP contribution in [0.1, 0.15) is 26.6 Å². The van der Waals surface area contributed by atoms with Crippen LogP contribution in [0.5, 0.6) is 5.75 Å². The number of carbonyl (C=O) groups excluding carboxylic acids is 2. The summed E-state index contributed by atoms with van der Waals surface area (Å²) in [6.07, 6.45) is -1.78. The standard InChI is InChI=1S/C22H20F3N5O4S/c1-12-6-27-19(35-12)15-3-14(4-16(5-15)33-11-17-10-30(2)21(32)34-17)18(31)26-7-13-8-28-20(29-9-13)22(23,24)25/h3-6,8-9,17H,7,10-11H2,1-2H3,(H,26,31)/t17-/m1/s1. The van der Waals surface area contributed by atoms with E-state index < -0.39 is 30.1 Å². The van der Waals surface area contributed by atoms with Crippen LogP contribution in [0.3, 0.4) is 0 Å². The van der Waals surface area contributed by atoms with Crippen LogP contribution < -0.4 is 10.1 Å². The molecule has 1 aliphatic heterocycles. The maximum absolute atomic E-state index is 12.9. The van der Waals surface area contributed by atoms with Gasteiger partial charge in [-0.05, 0) is 25.1 Å². The van der Waals surface area contributed by atoms with Crippen molar-refractivity contribution in [3.05, 3.63) is 58.6 Å². The molecule has 1 atom stereocenters. The smallest absolute Gasteiger partial charge is 0.451 e. The minimum Gasteiger partial charge on any atom is -0.490 e. The molecular formula is C22H20F3N5O4S. The van der Waals surface area contributed by atoms with Crippen LogP contribution >= 0.6 is 11.3 Å². The Morgan fingerprint density at radius 1 is 1.23 bits per heavy atom. The highest BCUT2D eigenvalue weighted by atomic mass is 32.1. The fourth-order valence-electron chi connectivity index (χ4n) is 3.23. The molecule has 9 nitrogen and oxygen atoms in total. The number of halogens is 3.